The first-order valence-electron chi connectivity index (χ1n) is 2.56. The normalized spacial score (nSPS) is 14.2. The molecule has 0 aliphatic heterocycles. The maximum atomic E-state index is 5.39. The number of rotatable bonds is 1. The van der Waals surface area contributed by atoms with Gasteiger partial charge in [-0.1, -0.05) is 12.2 Å². The molecule has 0 amide bonds. The molecule has 0 saturated heterocycles. The molecule has 0 radical (unpaired) electrons. The van der Waals surface area contributed by atoms with Crippen molar-refractivity contribution in [2.24, 2.45) is 11.5 Å². The molecule has 0 aromatic carbocycles. The van der Waals surface area contributed by atoms with E-state index in [4.69, 9.17) is 11.5 Å². The van der Waals surface area contributed by atoms with E-state index in [2.05, 4.69) is 0 Å². The van der Waals surface area contributed by atoms with E-state index < -0.39 is 0 Å². The lowest BCUT2D eigenvalue weighted by Crippen LogP contribution is -2.07. The average Bonchev–Trinajstić information content (AvgIpc) is 1.84. The van der Waals surface area contributed by atoms with E-state index in [1.54, 1.807) is 12.2 Å². The standard InChI is InChI=1S/C6H12N2/c1-3-5(7)6(8)4-2/h3-4H,7-8H2,1-2H3. The highest BCUT2D eigenvalue weighted by Gasteiger charge is 1.86. The maximum Gasteiger partial charge on any atom is 0.0501 e. The number of hydrogen-bond acceptors (Lipinski definition) is 2. The highest BCUT2D eigenvalue weighted by atomic mass is 14.7. The summed E-state index contributed by atoms with van der Waals surface area (Å²) in [5.74, 6) is 0. The zero-order chi connectivity index (χ0) is 6.57. The summed E-state index contributed by atoms with van der Waals surface area (Å²) >= 11 is 0. The summed E-state index contributed by atoms with van der Waals surface area (Å²) in [6, 6.07) is 0. The third kappa shape index (κ3) is 1.69. The smallest absolute Gasteiger partial charge is 0.0501 e. The van der Waals surface area contributed by atoms with Crippen LogP contribution in [0.25, 0.3) is 0 Å². The first kappa shape index (κ1) is 7.08. The van der Waals surface area contributed by atoms with Gasteiger partial charge in [-0.2, -0.15) is 0 Å². The molecule has 0 bridgehead atoms. The monoisotopic (exact) mass is 112 g/mol. The molecule has 0 aliphatic rings. The van der Waals surface area contributed by atoms with Crippen molar-refractivity contribution in [1.29, 1.82) is 0 Å². The van der Waals surface area contributed by atoms with E-state index in [0.29, 0.717) is 11.4 Å². The van der Waals surface area contributed by atoms with Crippen molar-refractivity contribution in [2.45, 2.75) is 13.8 Å². The van der Waals surface area contributed by atoms with Crippen LogP contribution in [0.3, 0.4) is 0 Å². The van der Waals surface area contributed by atoms with Crippen molar-refractivity contribution in [3.63, 3.8) is 0 Å². The molecule has 0 aromatic rings. The summed E-state index contributed by atoms with van der Waals surface area (Å²) < 4.78 is 0. The van der Waals surface area contributed by atoms with Crippen molar-refractivity contribution >= 4 is 0 Å². The predicted octanol–water partition coefficient (Wildman–Crippen LogP) is 0.711. The molecule has 0 heterocycles. The van der Waals surface area contributed by atoms with Gasteiger partial charge in [0.1, 0.15) is 0 Å². The van der Waals surface area contributed by atoms with Gasteiger partial charge in [-0.15, -0.1) is 0 Å². The van der Waals surface area contributed by atoms with Crippen LogP contribution in [0.4, 0.5) is 0 Å². The Morgan fingerprint density at radius 2 is 1.25 bits per heavy atom. The van der Waals surface area contributed by atoms with E-state index >= 15 is 0 Å². The van der Waals surface area contributed by atoms with Crippen LogP contribution in [0.5, 0.6) is 0 Å². The van der Waals surface area contributed by atoms with Crippen molar-refractivity contribution in [3.8, 4) is 0 Å². The molecular weight excluding hydrogens is 100 g/mol. The summed E-state index contributed by atoms with van der Waals surface area (Å²) in [6.07, 6.45) is 3.55. The van der Waals surface area contributed by atoms with Gasteiger partial charge in [-0.05, 0) is 13.8 Å². The van der Waals surface area contributed by atoms with Crippen LogP contribution in [0.1, 0.15) is 13.8 Å². The molecule has 8 heavy (non-hydrogen) atoms. The van der Waals surface area contributed by atoms with Gasteiger partial charge in [0.25, 0.3) is 0 Å². The van der Waals surface area contributed by atoms with E-state index in [0.717, 1.165) is 0 Å². The molecule has 0 saturated carbocycles. The lowest BCUT2D eigenvalue weighted by Gasteiger charge is -1.96. The molecule has 0 unspecified atom stereocenters. The van der Waals surface area contributed by atoms with Crippen LogP contribution in [0.2, 0.25) is 0 Å². The highest BCUT2D eigenvalue weighted by molar-refractivity contribution is 5.23. The number of hydrogen-bond donors (Lipinski definition) is 2. The predicted molar refractivity (Wildman–Crippen MR) is 35.9 cm³/mol. The summed E-state index contributed by atoms with van der Waals surface area (Å²) in [5, 5.41) is 0. The topological polar surface area (TPSA) is 52.0 Å². The molecule has 0 aromatic heterocycles. The van der Waals surface area contributed by atoms with Crippen molar-refractivity contribution in [2.75, 3.05) is 0 Å². The zero-order valence-electron chi connectivity index (χ0n) is 5.31. The molecular formula is C6H12N2. The fourth-order valence-corrected chi connectivity index (χ4v) is 0.333. The minimum Gasteiger partial charge on any atom is -0.397 e. The van der Waals surface area contributed by atoms with Crippen molar-refractivity contribution in [3.05, 3.63) is 23.5 Å². The van der Waals surface area contributed by atoms with Crippen molar-refractivity contribution < 1.29 is 0 Å². The molecule has 2 heteroatoms. The summed E-state index contributed by atoms with van der Waals surface area (Å²) in [4.78, 5) is 0. The molecule has 2 nitrogen and oxygen atoms in total. The van der Waals surface area contributed by atoms with Gasteiger partial charge in [-0.3, -0.25) is 0 Å². The second kappa shape index (κ2) is 3.13. The second-order valence-electron chi connectivity index (χ2n) is 1.49. The Kier molecular flexibility index (Phi) is 2.77. The Bertz CT molecular complexity index is 106. The second-order valence-corrected chi connectivity index (χ2v) is 1.49. The first-order valence-corrected chi connectivity index (χ1v) is 2.56. The summed E-state index contributed by atoms with van der Waals surface area (Å²) in [7, 11) is 0. The van der Waals surface area contributed by atoms with Crippen LogP contribution in [0, 0.1) is 0 Å². The van der Waals surface area contributed by atoms with Gasteiger partial charge >= 0.3 is 0 Å². The quantitative estimate of drug-likeness (QED) is 0.491. The van der Waals surface area contributed by atoms with Gasteiger partial charge in [-0.25, -0.2) is 0 Å². The minimum atomic E-state index is 0.646. The van der Waals surface area contributed by atoms with Gasteiger partial charge in [0.05, 0.1) is 11.4 Å². The lowest BCUT2D eigenvalue weighted by molar-refractivity contribution is 1.22. The molecule has 4 N–H and O–H groups in total. The van der Waals surface area contributed by atoms with Crippen LogP contribution in [-0.4, -0.2) is 0 Å². The molecule has 46 valence electrons. The Labute approximate surface area is 49.9 Å². The Morgan fingerprint density at radius 1 is 1.00 bits per heavy atom. The Hall–Kier alpha value is -0.920. The zero-order valence-corrected chi connectivity index (χ0v) is 5.31. The van der Waals surface area contributed by atoms with E-state index in [-0.39, 0.29) is 0 Å². The van der Waals surface area contributed by atoms with Crippen LogP contribution in [-0.2, 0) is 0 Å². The Balaban J connectivity index is 4.04. The molecule has 0 aliphatic carbocycles. The van der Waals surface area contributed by atoms with Gasteiger partial charge in [0.15, 0.2) is 0 Å². The van der Waals surface area contributed by atoms with Crippen LogP contribution >= 0.6 is 0 Å². The van der Waals surface area contributed by atoms with E-state index in [1.807, 2.05) is 13.8 Å². The summed E-state index contributed by atoms with van der Waals surface area (Å²) in [5.41, 5.74) is 12.1. The fourth-order valence-electron chi connectivity index (χ4n) is 0.333. The van der Waals surface area contributed by atoms with E-state index in [1.165, 1.54) is 0 Å². The van der Waals surface area contributed by atoms with Gasteiger partial charge in [0.2, 0.25) is 0 Å². The maximum absolute atomic E-state index is 5.39. The number of allylic oxidation sites excluding steroid dienone is 2. The fraction of sp³-hybridized carbons (Fsp3) is 0.333. The Morgan fingerprint density at radius 3 is 1.38 bits per heavy atom. The first-order chi connectivity index (χ1) is 3.72. The minimum absolute atomic E-state index is 0.646. The van der Waals surface area contributed by atoms with Crippen LogP contribution < -0.4 is 11.5 Å². The van der Waals surface area contributed by atoms with Gasteiger partial charge < -0.3 is 11.5 Å². The average molecular weight is 112 g/mol. The largest absolute Gasteiger partial charge is 0.397 e. The molecule has 0 atom stereocenters. The van der Waals surface area contributed by atoms with Gasteiger partial charge in [0, 0.05) is 0 Å². The van der Waals surface area contributed by atoms with Crippen LogP contribution in [0.15, 0.2) is 23.5 Å². The molecule has 0 spiro atoms. The third-order valence-electron chi connectivity index (χ3n) is 0.955. The van der Waals surface area contributed by atoms with Crippen molar-refractivity contribution in [1.82, 2.24) is 0 Å². The molecule has 0 fully saturated rings. The highest BCUT2D eigenvalue weighted by Crippen LogP contribution is 1.92. The SMILES string of the molecule is CC=C(N)C(N)=CC. The summed E-state index contributed by atoms with van der Waals surface area (Å²) in [6.45, 7) is 3.71. The third-order valence-corrected chi connectivity index (χ3v) is 0.955. The molecule has 0 rings (SSSR count). The lowest BCUT2D eigenvalue weighted by atomic mass is 10.3. The number of nitrogens with two attached hydrogens (primary N) is 2. The van der Waals surface area contributed by atoms with E-state index in [9.17, 15) is 0 Å².